The van der Waals surface area contributed by atoms with Gasteiger partial charge in [-0.15, -0.1) is 0 Å². The molecule has 0 aliphatic carbocycles. The molecule has 0 bridgehead atoms. The highest BCUT2D eigenvalue weighted by Gasteiger charge is 2.16. The molecule has 1 fully saturated rings. The van der Waals surface area contributed by atoms with Crippen LogP contribution >= 0.6 is 12.2 Å². The van der Waals surface area contributed by atoms with Gasteiger partial charge < -0.3 is 15.5 Å². The van der Waals surface area contributed by atoms with Crippen LogP contribution in [0.5, 0.6) is 0 Å². The normalized spacial score (nSPS) is 17.7. The van der Waals surface area contributed by atoms with Crippen molar-refractivity contribution >= 4 is 23.0 Å². The topological polar surface area (TPSA) is 40.2 Å². The number of hydrogen-bond donors (Lipinski definition) is 2. The van der Waals surface area contributed by atoms with Crippen LogP contribution in [0.1, 0.15) is 12.8 Å². The van der Waals surface area contributed by atoms with Crippen molar-refractivity contribution in [2.45, 2.75) is 18.9 Å². The van der Waals surface area contributed by atoms with E-state index in [2.05, 4.69) is 27.6 Å². The number of aromatic nitrogens is 1. The van der Waals surface area contributed by atoms with E-state index < -0.39 is 0 Å². The molecule has 1 aliphatic heterocycles. The Morgan fingerprint density at radius 1 is 1.47 bits per heavy atom. The summed E-state index contributed by atoms with van der Waals surface area (Å²) in [6, 6.07) is 4.33. The summed E-state index contributed by atoms with van der Waals surface area (Å²) in [6.45, 7) is 2.26. The summed E-state index contributed by atoms with van der Waals surface area (Å²) in [7, 11) is 2.16. The first-order valence-corrected chi connectivity index (χ1v) is 6.31. The molecule has 0 aromatic carbocycles. The van der Waals surface area contributed by atoms with Gasteiger partial charge in [-0.05, 0) is 57.3 Å². The number of rotatable bonds is 2. The van der Waals surface area contributed by atoms with Crippen LogP contribution in [-0.2, 0) is 0 Å². The lowest BCUT2D eigenvalue weighted by Gasteiger charge is -2.30. The Balaban J connectivity index is 1.78. The van der Waals surface area contributed by atoms with Crippen molar-refractivity contribution in [1.29, 1.82) is 0 Å². The van der Waals surface area contributed by atoms with Gasteiger partial charge in [-0.25, -0.2) is 0 Å². The maximum absolute atomic E-state index is 5.28. The fraction of sp³-hybridized carbons (Fsp3) is 0.500. The fourth-order valence-corrected chi connectivity index (χ4v) is 2.23. The van der Waals surface area contributed by atoms with Gasteiger partial charge in [0.05, 0.1) is 11.9 Å². The third-order valence-corrected chi connectivity index (χ3v) is 3.19. The van der Waals surface area contributed by atoms with E-state index in [1.807, 2.05) is 12.1 Å². The van der Waals surface area contributed by atoms with E-state index in [1.165, 1.54) is 0 Å². The monoisotopic (exact) mass is 250 g/mol. The fourth-order valence-electron chi connectivity index (χ4n) is 1.94. The van der Waals surface area contributed by atoms with E-state index in [-0.39, 0.29) is 0 Å². The summed E-state index contributed by atoms with van der Waals surface area (Å²) >= 11 is 5.28. The van der Waals surface area contributed by atoms with Crippen LogP contribution in [0.2, 0.25) is 0 Å². The highest BCUT2D eigenvalue weighted by atomic mass is 32.1. The molecule has 0 amide bonds. The Labute approximate surface area is 107 Å². The molecule has 17 heavy (non-hydrogen) atoms. The summed E-state index contributed by atoms with van der Waals surface area (Å²) in [5.41, 5.74) is 0.929. The van der Waals surface area contributed by atoms with Crippen molar-refractivity contribution in [3.63, 3.8) is 0 Å². The van der Waals surface area contributed by atoms with Crippen molar-refractivity contribution in [3.8, 4) is 0 Å². The van der Waals surface area contributed by atoms with Crippen molar-refractivity contribution in [1.82, 2.24) is 15.2 Å². The molecule has 1 aromatic rings. The predicted molar refractivity (Wildman–Crippen MR) is 74.1 cm³/mol. The molecule has 92 valence electrons. The molecule has 5 heteroatoms. The van der Waals surface area contributed by atoms with Crippen molar-refractivity contribution in [2.24, 2.45) is 0 Å². The van der Waals surface area contributed by atoms with Gasteiger partial charge in [0.25, 0.3) is 0 Å². The van der Waals surface area contributed by atoms with Gasteiger partial charge in [0, 0.05) is 12.2 Å². The zero-order chi connectivity index (χ0) is 12.1. The molecule has 2 rings (SSSR count). The van der Waals surface area contributed by atoms with E-state index in [0.29, 0.717) is 11.2 Å². The predicted octanol–water partition coefficient (Wildman–Crippen LogP) is 1.46. The second-order valence-corrected chi connectivity index (χ2v) is 4.83. The average Bonchev–Trinajstić information content (AvgIpc) is 2.33. The Morgan fingerprint density at radius 2 is 2.24 bits per heavy atom. The van der Waals surface area contributed by atoms with Gasteiger partial charge in [0.15, 0.2) is 5.11 Å². The molecule has 1 aliphatic rings. The summed E-state index contributed by atoms with van der Waals surface area (Å²) in [4.78, 5) is 6.38. The van der Waals surface area contributed by atoms with Crippen LogP contribution < -0.4 is 10.6 Å². The minimum Gasteiger partial charge on any atom is -0.360 e. The zero-order valence-electron chi connectivity index (χ0n) is 10.0. The van der Waals surface area contributed by atoms with Crippen LogP contribution in [0.25, 0.3) is 0 Å². The molecular weight excluding hydrogens is 232 g/mol. The van der Waals surface area contributed by atoms with Crippen LogP contribution in [0.15, 0.2) is 24.5 Å². The number of nitrogens with one attached hydrogen (secondary N) is 2. The molecule has 1 aromatic heterocycles. The second-order valence-electron chi connectivity index (χ2n) is 4.42. The quantitative estimate of drug-likeness (QED) is 0.778. The maximum atomic E-state index is 5.28. The summed E-state index contributed by atoms with van der Waals surface area (Å²) < 4.78 is 0. The number of pyridine rings is 1. The minimum absolute atomic E-state index is 0.489. The van der Waals surface area contributed by atoms with E-state index >= 15 is 0 Å². The standard InChI is InChI=1S/C12H18N4S/c1-16-7-4-10(5-8-16)14-12(17)15-11-3-2-6-13-9-11/h2-3,6,9-10H,4-5,7-8H2,1H3,(H2,14,15,17). The van der Waals surface area contributed by atoms with Gasteiger partial charge in [-0.2, -0.15) is 0 Å². The molecular formula is C12H18N4S. The number of thiocarbonyl (C=S) groups is 1. The van der Waals surface area contributed by atoms with Crippen molar-refractivity contribution < 1.29 is 0 Å². The van der Waals surface area contributed by atoms with Gasteiger partial charge in [-0.1, -0.05) is 0 Å². The first-order chi connectivity index (χ1) is 8.24. The van der Waals surface area contributed by atoms with Gasteiger partial charge in [0.1, 0.15) is 0 Å². The number of nitrogens with zero attached hydrogens (tertiary/aromatic N) is 2. The third kappa shape index (κ3) is 3.94. The van der Waals surface area contributed by atoms with E-state index in [0.717, 1.165) is 31.6 Å². The SMILES string of the molecule is CN1CCC(NC(=S)Nc2cccnc2)CC1. The Hall–Kier alpha value is -1.20. The maximum Gasteiger partial charge on any atom is 0.171 e. The van der Waals surface area contributed by atoms with E-state index in [9.17, 15) is 0 Å². The second kappa shape index (κ2) is 5.93. The number of hydrogen-bond acceptors (Lipinski definition) is 3. The minimum atomic E-state index is 0.489. The molecule has 0 saturated carbocycles. The molecule has 0 spiro atoms. The molecule has 4 nitrogen and oxygen atoms in total. The van der Waals surface area contributed by atoms with Gasteiger partial charge >= 0.3 is 0 Å². The van der Waals surface area contributed by atoms with Crippen LogP contribution in [-0.4, -0.2) is 41.2 Å². The number of piperidine rings is 1. The molecule has 2 N–H and O–H groups in total. The third-order valence-electron chi connectivity index (χ3n) is 2.97. The summed E-state index contributed by atoms with van der Waals surface area (Å²) in [6.07, 6.45) is 5.80. The summed E-state index contributed by atoms with van der Waals surface area (Å²) in [5.74, 6) is 0. The van der Waals surface area contributed by atoms with Gasteiger partial charge in [0.2, 0.25) is 0 Å². The highest BCUT2D eigenvalue weighted by molar-refractivity contribution is 7.80. The Bertz CT molecular complexity index is 360. The van der Waals surface area contributed by atoms with Crippen LogP contribution in [0.4, 0.5) is 5.69 Å². The lowest BCUT2D eigenvalue weighted by molar-refractivity contribution is 0.247. The lowest BCUT2D eigenvalue weighted by Crippen LogP contribution is -2.44. The van der Waals surface area contributed by atoms with Crippen molar-refractivity contribution in [2.75, 3.05) is 25.5 Å². The molecule has 0 unspecified atom stereocenters. The number of anilines is 1. The summed E-state index contributed by atoms with van der Waals surface area (Å²) in [5, 5.41) is 7.19. The van der Waals surface area contributed by atoms with Crippen LogP contribution in [0.3, 0.4) is 0 Å². The smallest absolute Gasteiger partial charge is 0.171 e. The van der Waals surface area contributed by atoms with Crippen molar-refractivity contribution in [3.05, 3.63) is 24.5 Å². The molecule has 0 radical (unpaired) electrons. The Kier molecular flexibility index (Phi) is 4.28. The molecule has 0 atom stereocenters. The molecule has 1 saturated heterocycles. The lowest BCUT2D eigenvalue weighted by atomic mass is 10.1. The van der Waals surface area contributed by atoms with E-state index in [4.69, 9.17) is 12.2 Å². The first kappa shape index (κ1) is 12.3. The van der Waals surface area contributed by atoms with Crippen LogP contribution in [0, 0.1) is 0 Å². The van der Waals surface area contributed by atoms with Gasteiger partial charge in [-0.3, -0.25) is 4.98 Å². The Morgan fingerprint density at radius 3 is 2.88 bits per heavy atom. The van der Waals surface area contributed by atoms with E-state index in [1.54, 1.807) is 12.4 Å². The average molecular weight is 250 g/mol. The first-order valence-electron chi connectivity index (χ1n) is 5.90. The number of likely N-dealkylation sites (tertiary alicyclic amines) is 1. The largest absolute Gasteiger partial charge is 0.360 e. The molecule has 2 heterocycles. The zero-order valence-corrected chi connectivity index (χ0v) is 10.8. The highest BCUT2D eigenvalue weighted by Crippen LogP contribution is 2.09.